The zero-order valence-corrected chi connectivity index (χ0v) is 10.0. The van der Waals surface area contributed by atoms with Gasteiger partial charge in [0.15, 0.2) is 12.5 Å². The van der Waals surface area contributed by atoms with Crippen molar-refractivity contribution in [3.05, 3.63) is 0 Å². The van der Waals surface area contributed by atoms with Crippen LogP contribution < -0.4 is 5.43 Å². The van der Waals surface area contributed by atoms with Crippen LogP contribution in [0.15, 0.2) is 0 Å². The van der Waals surface area contributed by atoms with E-state index in [1.54, 1.807) is 0 Å². The maximum atomic E-state index is 5.23. The average molecular weight is 238 g/mol. The number of rotatable bonds is 5. The summed E-state index contributed by atoms with van der Waals surface area (Å²) in [7, 11) is 7.46. The van der Waals surface area contributed by atoms with Crippen molar-refractivity contribution in [2.45, 2.75) is 12.5 Å². The molecule has 1 rings (SSSR count). The predicted octanol–water partition coefficient (Wildman–Crippen LogP) is -1.13. The summed E-state index contributed by atoms with van der Waals surface area (Å²) >= 11 is 0. The van der Waals surface area contributed by atoms with Crippen molar-refractivity contribution in [3.63, 3.8) is 0 Å². The van der Waals surface area contributed by atoms with Crippen molar-refractivity contribution in [2.75, 3.05) is 35.5 Å². The summed E-state index contributed by atoms with van der Waals surface area (Å²) in [6, 6.07) is 0. The first-order chi connectivity index (χ1) is 7.73. The van der Waals surface area contributed by atoms with Gasteiger partial charge in [0.1, 0.15) is 0 Å². The number of hydrogen-bond acceptors (Lipinski definition) is 9. The van der Waals surface area contributed by atoms with E-state index in [9.17, 15) is 0 Å². The van der Waals surface area contributed by atoms with Gasteiger partial charge in [0.05, 0.1) is 21.3 Å². The van der Waals surface area contributed by atoms with E-state index in [-0.39, 0.29) is 0 Å². The van der Waals surface area contributed by atoms with Gasteiger partial charge in [0.25, 0.3) is 0 Å². The van der Waals surface area contributed by atoms with Crippen LogP contribution in [0, 0.1) is 0 Å². The Balaban J connectivity index is 2.85. The highest BCUT2D eigenvalue weighted by atomic mass is 17.0. The molecule has 1 aliphatic heterocycles. The lowest BCUT2D eigenvalue weighted by Crippen LogP contribution is -2.72. The van der Waals surface area contributed by atoms with Gasteiger partial charge in [0.2, 0.25) is 0 Å². The third kappa shape index (κ3) is 2.48. The first kappa shape index (κ1) is 13.7. The third-order valence-electron chi connectivity index (χ3n) is 2.06. The second-order valence-corrected chi connectivity index (χ2v) is 2.79. The minimum atomic E-state index is -0.527. The van der Waals surface area contributed by atoms with Crippen LogP contribution in [0.5, 0.6) is 0 Å². The van der Waals surface area contributed by atoms with Gasteiger partial charge in [-0.25, -0.2) is 0 Å². The van der Waals surface area contributed by atoms with Crippen molar-refractivity contribution < 1.29 is 24.0 Å². The van der Waals surface area contributed by atoms with Crippen molar-refractivity contribution >= 4 is 0 Å². The Labute approximate surface area is 94.1 Å². The van der Waals surface area contributed by atoms with Crippen LogP contribution in [-0.2, 0) is 24.0 Å². The van der Waals surface area contributed by atoms with Gasteiger partial charge < -0.3 is 9.47 Å². The normalized spacial score (nSPS) is 29.8. The van der Waals surface area contributed by atoms with Gasteiger partial charge >= 0.3 is 0 Å². The van der Waals surface area contributed by atoms with Crippen LogP contribution in [0.3, 0.4) is 0 Å². The number of nitrogens with one attached hydrogen (secondary N) is 1. The van der Waals surface area contributed by atoms with E-state index < -0.39 is 12.5 Å². The van der Waals surface area contributed by atoms with Gasteiger partial charge in [-0.1, -0.05) is 0 Å². The second kappa shape index (κ2) is 6.39. The van der Waals surface area contributed by atoms with Gasteiger partial charge in [-0.2, -0.15) is 5.43 Å². The van der Waals surface area contributed by atoms with E-state index in [2.05, 4.69) is 5.43 Å². The van der Waals surface area contributed by atoms with E-state index in [0.29, 0.717) is 0 Å². The molecule has 0 aromatic rings. The molecule has 0 radical (unpaired) electrons. The molecular weight excluding hydrogens is 220 g/mol. The standard InChI is InChI=1S/C7H18N4O5/c1-12-6-7(13-2)9(14-3)11(16-5)10(8-6)15-4/h6-8H,1-5H3. The average Bonchev–Trinajstić information content (AvgIpc) is 2.35. The topological polar surface area (TPSA) is 67.9 Å². The summed E-state index contributed by atoms with van der Waals surface area (Å²) in [5.41, 5.74) is 2.86. The monoisotopic (exact) mass is 238 g/mol. The molecule has 9 heteroatoms. The van der Waals surface area contributed by atoms with Gasteiger partial charge in [-0.05, 0) is 10.5 Å². The maximum Gasteiger partial charge on any atom is 0.193 e. The predicted molar refractivity (Wildman–Crippen MR) is 51.3 cm³/mol. The molecule has 0 spiro atoms. The summed E-state index contributed by atoms with van der Waals surface area (Å²) < 4.78 is 10.4. The molecule has 0 aromatic heterocycles. The highest BCUT2D eigenvalue weighted by Gasteiger charge is 2.43. The minimum Gasteiger partial charge on any atom is -0.361 e. The quantitative estimate of drug-likeness (QED) is 0.640. The molecule has 96 valence electrons. The molecule has 9 nitrogen and oxygen atoms in total. The molecule has 2 unspecified atom stereocenters. The zero-order valence-electron chi connectivity index (χ0n) is 10.0. The van der Waals surface area contributed by atoms with Crippen LogP contribution in [-0.4, -0.2) is 63.7 Å². The molecule has 0 aromatic carbocycles. The molecular formula is C7H18N4O5. The first-order valence-corrected chi connectivity index (χ1v) is 4.56. The number of hydroxylamine groups is 1. The summed E-state index contributed by atoms with van der Waals surface area (Å²) in [5.74, 6) is 0. The van der Waals surface area contributed by atoms with E-state index in [1.807, 2.05) is 0 Å². The Morgan fingerprint density at radius 3 is 1.94 bits per heavy atom. The number of hydrogen-bond donors (Lipinski definition) is 1. The summed E-state index contributed by atoms with van der Waals surface area (Å²) in [6.07, 6.45) is -1.00. The van der Waals surface area contributed by atoms with E-state index in [1.165, 1.54) is 51.3 Å². The smallest absolute Gasteiger partial charge is 0.193 e. The summed E-state index contributed by atoms with van der Waals surface area (Å²) in [6.45, 7) is 0. The molecule has 1 N–H and O–H groups in total. The Bertz CT molecular complexity index is 191. The first-order valence-electron chi connectivity index (χ1n) is 4.56. The van der Waals surface area contributed by atoms with Gasteiger partial charge in [-0.15, -0.1) is 0 Å². The maximum absolute atomic E-state index is 5.23. The highest BCUT2D eigenvalue weighted by molar-refractivity contribution is 4.63. The SMILES string of the molecule is COC1NN(OC)N(OC)N(OC)C1OC. The molecule has 16 heavy (non-hydrogen) atoms. The van der Waals surface area contributed by atoms with Crippen molar-refractivity contribution in [2.24, 2.45) is 0 Å². The van der Waals surface area contributed by atoms with E-state index >= 15 is 0 Å². The lowest BCUT2D eigenvalue weighted by molar-refractivity contribution is -0.588. The third-order valence-corrected chi connectivity index (χ3v) is 2.06. The summed E-state index contributed by atoms with van der Waals surface area (Å²) in [4.78, 5) is 15.2. The molecule has 2 atom stereocenters. The van der Waals surface area contributed by atoms with Crippen LogP contribution in [0.4, 0.5) is 0 Å². The number of nitrogens with zero attached hydrogens (tertiary/aromatic N) is 3. The largest absolute Gasteiger partial charge is 0.361 e. The fourth-order valence-electron chi connectivity index (χ4n) is 1.35. The molecule has 0 amide bonds. The molecule has 0 saturated carbocycles. The Hall–Kier alpha value is -0.360. The van der Waals surface area contributed by atoms with Crippen LogP contribution in [0.2, 0.25) is 0 Å². The minimum absolute atomic E-state index is 0.476. The summed E-state index contributed by atoms with van der Waals surface area (Å²) in [5, 5.41) is 3.71. The number of ether oxygens (including phenoxy) is 2. The van der Waals surface area contributed by atoms with Crippen LogP contribution in [0.1, 0.15) is 0 Å². The van der Waals surface area contributed by atoms with Crippen LogP contribution in [0.25, 0.3) is 0 Å². The fourth-order valence-corrected chi connectivity index (χ4v) is 1.35. The highest BCUT2D eigenvalue weighted by Crippen LogP contribution is 2.18. The number of hydrazine groups is 3. The second-order valence-electron chi connectivity index (χ2n) is 2.79. The van der Waals surface area contributed by atoms with Gasteiger partial charge in [-0.3, -0.25) is 14.5 Å². The molecule has 1 saturated heterocycles. The molecule has 1 fully saturated rings. The molecule has 0 bridgehead atoms. The molecule has 1 aliphatic rings. The van der Waals surface area contributed by atoms with E-state index in [0.717, 1.165) is 0 Å². The van der Waals surface area contributed by atoms with Crippen molar-refractivity contribution in [3.8, 4) is 0 Å². The van der Waals surface area contributed by atoms with Crippen molar-refractivity contribution in [1.29, 1.82) is 0 Å². The number of methoxy groups -OCH3 is 2. The fraction of sp³-hybridized carbons (Fsp3) is 1.00. The molecule has 1 heterocycles. The Kier molecular flexibility index (Phi) is 5.48. The lowest BCUT2D eigenvalue weighted by Gasteiger charge is -2.46. The lowest BCUT2D eigenvalue weighted by atomic mass is 10.5. The molecule has 0 aliphatic carbocycles. The van der Waals surface area contributed by atoms with Gasteiger partial charge in [0, 0.05) is 19.5 Å². The Morgan fingerprint density at radius 2 is 1.56 bits per heavy atom. The van der Waals surface area contributed by atoms with Crippen molar-refractivity contribution in [1.82, 2.24) is 21.2 Å². The van der Waals surface area contributed by atoms with E-state index in [4.69, 9.17) is 24.0 Å². The zero-order chi connectivity index (χ0) is 12.1. The van der Waals surface area contributed by atoms with Crippen LogP contribution >= 0.6 is 0 Å². The Morgan fingerprint density at radius 1 is 0.875 bits per heavy atom.